The van der Waals surface area contributed by atoms with Gasteiger partial charge in [-0.1, -0.05) is 147 Å². The van der Waals surface area contributed by atoms with Gasteiger partial charge >= 0.3 is 11.9 Å². The SMILES string of the molecule is CC/C=C\C/C=C\C/C=C\CCCCCCCCCC(=O)OC(CO)COC(=O)CCCCCCCCCCCCC. The average Bonchev–Trinajstić information content (AvgIpc) is 2.99. The molecule has 1 N–H and O–H groups in total. The molecule has 0 aromatic heterocycles. The van der Waals surface area contributed by atoms with Crippen molar-refractivity contribution in [3.63, 3.8) is 0 Å². The van der Waals surface area contributed by atoms with E-state index >= 15 is 0 Å². The molecule has 0 aromatic rings. The summed E-state index contributed by atoms with van der Waals surface area (Å²) in [6.45, 7) is 4.00. The number of unbranched alkanes of at least 4 members (excludes halogenated alkanes) is 17. The van der Waals surface area contributed by atoms with E-state index in [1.54, 1.807) is 0 Å². The van der Waals surface area contributed by atoms with Crippen LogP contribution in [-0.4, -0.2) is 36.4 Å². The van der Waals surface area contributed by atoms with E-state index in [0.29, 0.717) is 12.8 Å². The summed E-state index contributed by atoms with van der Waals surface area (Å²) in [4.78, 5) is 24.1. The van der Waals surface area contributed by atoms with Crippen molar-refractivity contribution in [2.24, 2.45) is 0 Å². The molecule has 0 spiro atoms. The average molecular weight is 591 g/mol. The van der Waals surface area contributed by atoms with Gasteiger partial charge in [-0.15, -0.1) is 0 Å². The highest BCUT2D eigenvalue weighted by Crippen LogP contribution is 2.13. The number of rotatable bonds is 31. The maximum absolute atomic E-state index is 12.1. The quantitative estimate of drug-likeness (QED) is 0.0494. The molecule has 1 unspecified atom stereocenters. The number of hydrogen-bond donors (Lipinski definition) is 1. The molecule has 244 valence electrons. The van der Waals surface area contributed by atoms with Crippen LogP contribution in [0.15, 0.2) is 36.5 Å². The fraction of sp³-hybridized carbons (Fsp3) is 0.784. The highest BCUT2D eigenvalue weighted by Gasteiger charge is 2.16. The second-order valence-electron chi connectivity index (χ2n) is 11.6. The minimum atomic E-state index is -0.771. The van der Waals surface area contributed by atoms with Gasteiger partial charge in [-0.3, -0.25) is 9.59 Å². The molecule has 0 amide bonds. The highest BCUT2D eigenvalue weighted by molar-refractivity contribution is 5.70. The molecule has 0 heterocycles. The molecule has 0 aliphatic heterocycles. The van der Waals surface area contributed by atoms with E-state index in [9.17, 15) is 14.7 Å². The second-order valence-corrected chi connectivity index (χ2v) is 11.6. The van der Waals surface area contributed by atoms with Crippen LogP contribution in [0.3, 0.4) is 0 Å². The monoisotopic (exact) mass is 590 g/mol. The first-order chi connectivity index (χ1) is 20.6. The Morgan fingerprint density at radius 3 is 1.55 bits per heavy atom. The van der Waals surface area contributed by atoms with Gasteiger partial charge in [0.25, 0.3) is 0 Å². The first kappa shape index (κ1) is 40.1. The molecule has 0 aliphatic carbocycles. The number of carbonyl (C=O) groups excluding carboxylic acids is 2. The van der Waals surface area contributed by atoms with E-state index < -0.39 is 6.10 Å². The van der Waals surface area contributed by atoms with Gasteiger partial charge in [0.2, 0.25) is 0 Å². The number of carbonyl (C=O) groups is 2. The van der Waals surface area contributed by atoms with Gasteiger partial charge in [0.15, 0.2) is 6.10 Å². The first-order valence-electron chi connectivity index (χ1n) is 17.5. The number of aliphatic hydroxyl groups excluding tert-OH is 1. The summed E-state index contributed by atoms with van der Waals surface area (Å²) in [5, 5.41) is 9.51. The Labute approximate surface area is 259 Å². The van der Waals surface area contributed by atoms with Crippen LogP contribution in [0, 0.1) is 0 Å². The lowest BCUT2D eigenvalue weighted by Crippen LogP contribution is -2.28. The molecule has 0 saturated heterocycles. The van der Waals surface area contributed by atoms with Gasteiger partial charge in [-0.25, -0.2) is 0 Å². The van der Waals surface area contributed by atoms with Crippen molar-refractivity contribution >= 4 is 11.9 Å². The number of hydrogen-bond acceptors (Lipinski definition) is 5. The molecule has 0 aliphatic rings. The van der Waals surface area contributed by atoms with Crippen LogP contribution < -0.4 is 0 Å². The topological polar surface area (TPSA) is 72.8 Å². The lowest BCUT2D eigenvalue weighted by molar-refractivity contribution is -0.161. The molecule has 5 nitrogen and oxygen atoms in total. The van der Waals surface area contributed by atoms with E-state index in [1.807, 2.05) is 0 Å². The zero-order valence-corrected chi connectivity index (χ0v) is 27.5. The van der Waals surface area contributed by atoms with E-state index in [1.165, 1.54) is 77.0 Å². The van der Waals surface area contributed by atoms with Crippen molar-refractivity contribution in [1.29, 1.82) is 0 Å². The van der Waals surface area contributed by atoms with Crippen LogP contribution in [-0.2, 0) is 19.1 Å². The summed E-state index contributed by atoms with van der Waals surface area (Å²) >= 11 is 0. The fourth-order valence-corrected chi connectivity index (χ4v) is 4.80. The van der Waals surface area contributed by atoms with Crippen LogP contribution in [0.4, 0.5) is 0 Å². The minimum Gasteiger partial charge on any atom is -0.462 e. The molecule has 0 fully saturated rings. The standard InChI is InChI=1S/C37H66O5/c1-3-5-7-9-11-13-15-16-17-18-19-20-22-24-26-28-30-32-37(40)42-35(33-38)34-41-36(39)31-29-27-25-23-21-14-12-10-8-6-4-2/h5,7,11,13,16-17,35,38H,3-4,6,8-10,12,14-15,18-34H2,1-2H3/b7-5-,13-11-,17-16-. The smallest absolute Gasteiger partial charge is 0.306 e. The molecular weight excluding hydrogens is 524 g/mol. The Morgan fingerprint density at radius 2 is 1.02 bits per heavy atom. The third-order valence-electron chi connectivity index (χ3n) is 7.45. The van der Waals surface area contributed by atoms with Crippen LogP contribution in [0.25, 0.3) is 0 Å². The molecule has 0 radical (unpaired) electrons. The Kier molecular flexibility index (Phi) is 32.1. The molecule has 0 saturated carbocycles. The summed E-state index contributed by atoms with van der Waals surface area (Å²) in [6, 6.07) is 0. The lowest BCUT2D eigenvalue weighted by Gasteiger charge is -2.15. The number of esters is 2. The maximum atomic E-state index is 12.1. The van der Waals surface area contributed by atoms with Gasteiger partial charge in [-0.05, 0) is 44.9 Å². The summed E-state index contributed by atoms with van der Waals surface area (Å²) in [5.41, 5.74) is 0. The van der Waals surface area contributed by atoms with Crippen LogP contribution in [0.5, 0.6) is 0 Å². The van der Waals surface area contributed by atoms with Gasteiger partial charge in [0.1, 0.15) is 6.61 Å². The number of ether oxygens (including phenoxy) is 2. The third kappa shape index (κ3) is 31.1. The molecule has 0 aromatic carbocycles. The van der Waals surface area contributed by atoms with E-state index in [-0.39, 0.29) is 25.2 Å². The van der Waals surface area contributed by atoms with E-state index in [0.717, 1.165) is 64.2 Å². The minimum absolute atomic E-state index is 0.0678. The summed E-state index contributed by atoms with van der Waals surface area (Å²) < 4.78 is 10.6. The Balaban J connectivity index is 3.59. The predicted molar refractivity (Wildman–Crippen MR) is 178 cm³/mol. The summed E-state index contributed by atoms with van der Waals surface area (Å²) in [7, 11) is 0. The molecular formula is C37H66O5. The Morgan fingerprint density at radius 1 is 0.571 bits per heavy atom. The second kappa shape index (κ2) is 33.6. The molecule has 42 heavy (non-hydrogen) atoms. The largest absolute Gasteiger partial charge is 0.462 e. The van der Waals surface area contributed by atoms with Gasteiger partial charge in [0.05, 0.1) is 6.61 Å². The lowest BCUT2D eigenvalue weighted by atomic mass is 10.1. The Bertz CT molecular complexity index is 682. The molecule has 0 bridgehead atoms. The van der Waals surface area contributed by atoms with Crippen LogP contribution in [0.2, 0.25) is 0 Å². The van der Waals surface area contributed by atoms with Crippen molar-refractivity contribution in [2.75, 3.05) is 13.2 Å². The van der Waals surface area contributed by atoms with Crippen molar-refractivity contribution in [2.45, 2.75) is 174 Å². The highest BCUT2D eigenvalue weighted by atomic mass is 16.6. The summed E-state index contributed by atoms with van der Waals surface area (Å²) in [5.74, 6) is -0.603. The molecule has 5 heteroatoms. The maximum Gasteiger partial charge on any atom is 0.306 e. The first-order valence-corrected chi connectivity index (χ1v) is 17.5. The molecule has 0 rings (SSSR count). The number of aliphatic hydroxyl groups is 1. The van der Waals surface area contributed by atoms with Crippen LogP contribution in [0.1, 0.15) is 168 Å². The van der Waals surface area contributed by atoms with Crippen molar-refractivity contribution < 1.29 is 24.2 Å². The normalized spacial score (nSPS) is 12.5. The van der Waals surface area contributed by atoms with Crippen LogP contribution >= 0.6 is 0 Å². The summed E-state index contributed by atoms with van der Waals surface area (Å²) in [6.07, 6.45) is 39.1. The third-order valence-corrected chi connectivity index (χ3v) is 7.45. The van der Waals surface area contributed by atoms with E-state index in [4.69, 9.17) is 9.47 Å². The predicted octanol–water partition coefficient (Wildman–Crippen LogP) is 10.5. The van der Waals surface area contributed by atoms with Gasteiger partial charge in [-0.2, -0.15) is 0 Å². The van der Waals surface area contributed by atoms with E-state index in [2.05, 4.69) is 50.3 Å². The van der Waals surface area contributed by atoms with Gasteiger partial charge in [0, 0.05) is 12.8 Å². The van der Waals surface area contributed by atoms with Crippen molar-refractivity contribution in [1.82, 2.24) is 0 Å². The number of allylic oxidation sites excluding steroid dienone is 6. The zero-order chi connectivity index (χ0) is 30.8. The van der Waals surface area contributed by atoms with Crippen molar-refractivity contribution in [3.8, 4) is 0 Å². The molecule has 1 atom stereocenters. The fourth-order valence-electron chi connectivity index (χ4n) is 4.80. The Hall–Kier alpha value is -1.88. The van der Waals surface area contributed by atoms with Gasteiger partial charge < -0.3 is 14.6 Å². The van der Waals surface area contributed by atoms with Crippen molar-refractivity contribution in [3.05, 3.63) is 36.5 Å². The zero-order valence-electron chi connectivity index (χ0n) is 27.5.